The van der Waals surface area contributed by atoms with E-state index >= 15 is 0 Å². The highest BCUT2D eigenvalue weighted by atomic mass is 16.4. The maximum Gasteiger partial charge on any atom is 0.326 e. The van der Waals surface area contributed by atoms with Gasteiger partial charge in [0.2, 0.25) is 23.6 Å². The lowest BCUT2D eigenvalue weighted by Gasteiger charge is -2.28. The van der Waals surface area contributed by atoms with Crippen LogP contribution in [0.2, 0.25) is 0 Å². The molecule has 1 aromatic carbocycles. The molecular formula is C26H34N6O8. The van der Waals surface area contributed by atoms with Crippen molar-refractivity contribution < 1.29 is 39.0 Å². The number of carbonyl (C=O) groups is 6. The minimum Gasteiger partial charge on any atom is -0.481 e. The van der Waals surface area contributed by atoms with Gasteiger partial charge in [0.1, 0.15) is 18.1 Å². The largest absolute Gasteiger partial charge is 0.481 e. The van der Waals surface area contributed by atoms with Crippen LogP contribution in [0.15, 0.2) is 30.5 Å². The van der Waals surface area contributed by atoms with E-state index in [1.165, 1.54) is 0 Å². The number of fused-ring (bicyclic) bond motifs is 1. The summed E-state index contributed by atoms with van der Waals surface area (Å²) in [5.74, 6) is -5.43. The molecule has 1 fully saturated rings. The Morgan fingerprint density at radius 3 is 2.35 bits per heavy atom. The molecule has 14 nitrogen and oxygen atoms in total. The van der Waals surface area contributed by atoms with Gasteiger partial charge in [0, 0.05) is 36.5 Å². The van der Waals surface area contributed by atoms with Gasteiger partial charge in [0.25, 0.3) is 0 Å². The van der Waals surface area contributed by atoms with Crippen molar-refractivity contribution in [3.05, 3.63) is 36.0 Å². The summed E-state index contributed by atoms with van der Waals surface area (Å²) < 4.78 is 0. The van der Waals surface area contributed by atoms with E-state index in [4.69, 9.17) is 16.6 Å². The minimum atomic E-state index is -1.37. The Balaban J connectivity index is 1.73. The number of aromatic nitrogens is 1. The fourth-order valence-electron chi connectivity index (χ4n) is 4.75. The van der Waals surface area contributed by atoms with E-state index in [0.29, 0.717) is 6.42 Å². The minimum absolute atomic E-state index is 0.133. The summed E-state index contributed by atoms with van der Waals surface area (Å²) in [6, 6.07) is 2.60. The Hall–Kier alpha value is -4.46. The van der Waals surface area contributed by atoms with Crippen LogP contribution >= 0.6 is 0 Å². The van der Waals surface area contributed by atoms with Gasteiger partial charge in [-0.2, -0.15) is 0 Å². The van der Waals surface area contributed by atoms with Crippen LogP contribution in [0.4, 0.5) is 0 Å². The van der Waals surface area contributed by atoms with Crippen molar-refractivity contribution in [3.63, 3.8) is 0 Å². The van der Waals surface area contributed by atoms with Crippen molar-refractivity contribution in [3.8, 4) is 0 Å². The molecule has 4 atom stereocenters. The van der Waals surface area contributed by atoms with Crippen LogP contribution in [0.1, 0.15) is 44.1 Å². The third kappa shape index (κ3) is 7.79. The summed E-state index contributed by atoms with van der Waals surface area (Å²) in [6.45, 7) is 0.153. The molecule has 216 valence electrons. The van der Waals surface area contributed by atoms with E-state index in [2.05, 4.69) is 15.6 Å². The number of benzene rings is 1. The first-order chi connectivity index (χ1) is 19.0. The van der Waals surface area contributed by atoms with Crippen LogP contribution in [-0.2, 0) is 35.2 Å². The Morgan fingerprint density at radius 1 is 1.00 bits per heavy atom. The van der Waals surface area contributed by atoms with E-state index in [-0.39, 0.29) is 38.6 Å². The number of hydrogen-bond donors (Lipinski definition) is 7. The molecule has 0 aliphatic carbocycles. The highest BCUT2D eigenvalue weighted by Crippen LogP contribution is 2.20. The first-order valence-corrected chi connectivity index (χ1v) is 12.9. The summed E-state index contributed by atoms with van der Waals surface area (Å²) in [6.07, 6.45) is 1.30. The number of aliphatic carboxylic acids is 2. The topological polar surface area (TPSA) is 238 Å². The molecule has 2 heterocycles. The summed E-state index contributed by atoms with van der Waals surface area (Å²) in [5.41, 5.74) is 13.0. The van der Waals surface area contributed by atoms with Crippen LogP contribution < -0.4 is 22.1 Å². The molecule has 14 heteroatoms. The maximum absolute atomic E-state index is 13.2. The lowest BCUT2D eigenvalue weighted by atomic mass is 10.0. The first kappa shape index (κ1) is 30.1. The average Bonchev–Trinajstić information content (AvgIpc) is 3.56. The molecule has 1 saturated heterocycles. The molecule has 2 aromatic rings. The zero-order valence-electron chi connectivity index (χ0n) is 21.8. The summed E-state index contributed by atoms with van der Waals surface area (Å²) >= 11 is 0. The number of rotatable bonds is 14. The molecule has 4 amide bonds. The van der Waals surface area contributed by atoms with Crippen LogP contribution in [0.5, 0.6) is 0 Å². The zero-order valence-corrected chi connectivity index (χ0v) is 21.8. The number of nitrogens with two attached hydrogens (primary N) is 2. The van der Waals surface area contributed by atoms with E-state index in [9.17, 15) is 33.9 Å². The predicted octanol–water partition coefficient (Wildman–Crippen LogP) is -0.787. The number of primary amides is 1. The molecule has 40 heavy (non-hydrogen) atoms. The number of hydrogen-bond acceptors (Lipinski definition) is 7. The molecule has 9 N–H and O–H groups in total. The lowest BCUT2D eigenvalue weighted by molar-refractivity contribution is -0.149. The zero-order chi connectivity index (χ0) is 29.4. The van der Waals surface area contributed by atoms with Gasteiger partial charge in [0.15, 0.2) is 0 Å². The van der Waals surface area contributed by atoms with Crippen molar-refractivity contribution in [1.29, 1.82) is 0 Å². The monoisotopic (exact) mass is 558 g/mol. The van der Waals surface area contributed by atoms with Gasteiger partial charge >= 0.3 is 11.9 Å². The third-order valence-corrected chi connectivity index (χ3v) is 6.85. The van der Waals surface area contributed by atoms with Gasteiger partial charge in [-0.3, -0.25) is 24.0 Å². The van der Waals surface area contributed by atoms with E-state index in [1.807, 2.05) is 24.3 Å². The van der Waals surface area contributed by atoms with Crippen molar-refractivity contribution in [2.24, 2.45) is 11.5 Å². The van der Waals surface area contributed by atoms with Crippen LogP contribution in [0.3, 0.4) is 0 Å². The van der Waals surface area contributed by atoms with E-state index < -0.39 is 66.2 Å². The van der Waals surface area contributed by atoms with Crippen LogP contribution in [0, 0.1) is 0 Å². The Bertz CT molecular complexity index is 1280. The second-order valence-electron chi connectivity index (χ2n) is 9.76. The lowest BCUT2D eigenvalue weighted by Crippen LogP contribution is -2.57. The number of aromatic amines is 1. The second kappa shape index (κ2) is 13.6. The number of para-hydroxylation sites is 1. The Labute approximate surface area is 229 Å². The molecule has 1 aromatic heterocycles. The summed E-state index contributed by atoms with van der Waals surface area (Å²) in [4.78, 5) is 77.8. The van der Waals surface area contributed by atoms with Crippen molar-refractivity contribution in [1.82, 2.24) is 20.5 Å². The Morgan fingerprint density at radius 2 is 1.68 bits per heavy atom. The molecule has 3 rings (SSSR count). The molecule has 0 spiro atoms. The fourth-order valence-corrected chi connectivity index (χ4v) is 4.75. The number of carboxylic acid groups (broad SMARTS) is 2. The summed E-state index contributed by atoms with van der Waals surface area (Å²) in [5, 5.41) is 24.4. The number of H-pyrrole nitrogens is 1. The van der Waals surface area contributed by atoms with Crippen molar-refractivity contribution >= 4 is 46.5 Å². The molecule has 0 radical (unpaired) electrons. The molecule has 1 aliphatic heterocycles. The molecule has 4 unspecified atom stereocenters. The van der Waals surface area contributed by atoms with Gasteiger partial charge in [0.05, 0.1) is 6.04 Å². The molecule has 0 saturated carbocycles. The van der Waals surface area contributed by atoms with Gasteiger partial charge in [-0.15, -0.1) is 0 Å². The van der Waals surface area contributed by atoms with Crippen molar-refractivity contribution in [2.75, 3.05) is 6.54 Å². The van der Waals surface area contributed by atoms with E-state index in [1.54, 1.807) is 6.20 Å². The van der Waals surface area contributed by atoms with Crippen LogP contribution in [-0.4, -0.2) is 86.4 Å². The third-order valence-electron chi connectivity index (χ3n) is 6.85. The van der Waals surface area contributed by atoms with Crippen LogP contribution in [0.25, 0.3) is 10.9 Å². The number of nitrogens with zero attached hydrogens (tertiary/aromatic N) is 1. The number of amides is 4. The molecule has 0 bridgehead atoms. The Kier molecular flexibility index (Phi) is 10.2. The fraction of sp³-hybridized carbons (Fsp3) is 0.462. The second-order valence-corrected chi connectivity index (χ2v) is 9.76. The maximum atomic E-state index is 13.2. The summed E-state index contributed by atoms with van der Waals surface area (Å²) in [7, 11) is 0. The normalized spacial score (nSPS) is 17.1. The standard InChI is InChI=1S/C26H34N6O8/c27-16(12-14-13-29-17-5-2-1-4-15(14)17)23(36)30-18(8-10-22(34)35)24(37)31-19(7-9-21(28)33)25(38)32-11-3-6-20(32)26(39)40/h1-2,4-5,13,16,18-20,29H,3,6-12,27H2,(H2,28,33)(H,30,36)(H,31,37)(H,34,35)(H,39,40). The van der Waals surface area contributed by atoms with Gasteiger partial charge in [-0.05, 0) is 43.7 Å². The number of carboxylic acids is 2. The number of likely N-dealkylation sites (tertiary alicyclic amines) is 1. The molecular weight excluding hydrogens is 524 g/mol. The average molecular weight is 559 g/mol. The molecule has 1 aliphatic rings. The first-order valence-electron chi connectivity index (χ1n) is 12.9. The highest BCUT2D eigenvalue weighted by molar-refractivity contribution is 5.95. The van der Waals surface area contributed by atoms with Crippen molar-refractivity contribution in [2.45, 2.75) is 69.1 Å². The van der Waals surface area contributed by atoms with Gasteiger partial charge in [-0.1, -0.05) is 18.2 Å². The van der Waals surface area contributed by atoms with Gasteiger partial charge in [-0.25, -0.2) is 4.79 Å². The number of carbonyl (C=O) groups excluding carboxylic acids is 4. The quantitative estimate of drug-likeness (QED) is 0.154. The predicted molar refractivity (Wildman–Crippen MR) is 142 cm³/mol. The highest BCUT2D eigenvalue weighted by Gasteiger charge is 2.38. The van der Waals surface area contributed by atoms with E-state index in [0.717, 1.165) is 21.4 Å². The number of nitrogens with one attached hydrogen (secondary N) is 3. The van der Waals surface area contributed by atoms with Gasteiger partial charge < -0.3 is 42.2 Å². The smallest absolute Gasteiger partial charge is 0.326 e. The SMILES string of the molecule is NC(=O)CCC(NC(=O)C(CCC(=O)O)NC(=O)C(N)Cc1c[nH]c2ccccc12)C(=O)N1CCCC1C(=O)O.